The number of alkyl halides is 3. The number of halogens is 3. The summed E-state index contributed by atoms with van der Waals surface area (Å²) >= 11 is 0. The maximum Gasteiger partial charge on any atom is 0.401 e. The smallest absolute Gasteiger partial charge is 0.350 e. The Morgan fingerprint density at radius 1 is 1.26 bits per heavy atom. The molecule has 1 aliphatic carbocycles. The monoisotopic (exact) mass is 445 g/mol. The average Bonchev–Trinajstić information content (AvgIpc) is 3.38. The second kappa shape index (κ2) is 9.42. The van der Waals surface area contributed by atoms with Gasteiger partial charge in [-0.2, -0.15) is 18.4 Å². The molecule has 2 rings (SSSR count). The first-order valence-corrected chi connectivity index (χ1v) is 10.3. The quantitative estimate of drug-likeness (QED) is 0.446. The fourth-order valence-electron chi connectivity index (χ4n) is 3.71. The van der Waals surface area contributed by atoms with Crippen LogP contribution >= 0.6 is 0 Å². The Labute approximate surface area is 179 Å². The third-order valence-corrected chi connectivity index (χ3v) is 5.65. The average molecular weight is 445 g/mol. The van der Waals surface area contributed by atoms with Crippen molar-refractivity contribution >= 4 is 17.7 Å². The van der Waals surface area contributed by atoms with Crippen LogP contribution in [0.5, 0.6) is 0 Å². The van der Waals surface area contributed by atoms with Gasteiger partial charge in [0.15, 0.2) is 0 Å². The highest BCUT2D eigenvalue weighted by atomic mass is 19.4. The molecule has 0 aromatic heterocycles. The molecule has 8 nitrogen and oxygen atoms in total. The molecule has 0 bridgehead atoms. The number of rotatable bonds is 8. The number of carbonyl (C=O) groups is 3. The van der Waals surface area contributed by atoms with Crippen molar-refractivity contribution in [2.45, 2.75) is 76.7 Å². The topological polar surface area (TPSA) is 123 Å². The summed E-state index contributed by atoms with van der Waals surface area (Å²) in [4.78, 5) is 36.7. The lowest BCUT2D eigenvalue weighted by Gasteiger charge is -2.31. The maximum atomic E-state index is 12.5. The molecule has 4 N–H and O–H groups in total. The summed E-state index contributed by atoms with van der Waals surface area (Å²) in [7, 11) is 0. The van der Waals surface area contributed by atoms with Crippen molar-refractivity contribution in [3.63, 3.8) is 0 Å². The van der Waals surface area contributed by atoms with Crippen molar-refractivity contribution in [3.8, 4) is 6.07 Å². The minimum atomic E-state index is -4.48. The van der Waals surface area contributed by atoms with E-state index >= 15 is 0 Å². The van der Waals surface area contributed by atoms with Gasteiger partial charge in [0.2, 0.25) is 17.7 Å². The second-order valence-corrected chi connectivity index (χ2v) is 9.50. The van der Waals surface area contributed by atoms with Crippen molar-refractivity contribution < 1.29 is 27.6 Å². The van der Waals surface area contributed by atoms with Crippen LogP contribution in [0.15, 0.2) is 0 Å². The molecular weight excluding hydrogens is 415 g/mol. The molecule has 0 aromatic rings. The van der Waals surface area contributed by atoms with Crippen LogP contribution in [0.2, 0.25) is 0 Å². The molecule has 1 aliphatic heterocycles. The van der Waals surface area contributed by atoms with E-state index in [0.717, 1.165) is 19.3 Å². The normalized spacial score (nSPS) is 22.1. The zero-order valence-electron chi connectivity index (χ0n) is 18.0. The molecule has 0 aromatic carbocycles. The van der Waals surface area contributed by atoms with E-state index in [1.165, 1.54) is 0 Å². The molecule has 2 fully saturated rings. The summed E-state index contributed by atoms with van der Waals surface area (Å²) in [6.45, 7) is 2.99. The molecule has 11 heteroatoms. The Morgan fingerprint density at radius 3 is 2.39 bits per heavy atom. The molecule has 1 saturated heterocycles. The van der Waals surface area contributed by atoms with E-state index < -0.39 is 48.6 Å². The van der Waals surface area contributed by atoms with Gasteiger partial charge in [-0.1, -0.05) is 20.8 Å². The van der Waals surface area contributed by atoms with Crippen LogP contribution in [0.1, 0.15) is 52.9 Å². The molecule has 3 unspecified atom stereocenters. The van der Waals surface area contributed by atoms with E-state index in [2.05, 4.69) is 21.3 Å². The Morgan fingerprint density at radius 2 is 1.90 bits per heavy atom. The lowest BCUT2D eigenvalue weighted by atomic mass is 9.86. The number of amides is 3. The van der Waals surface area contributed by atoms with Gasteiger partial charge in [-0.05, 0) is 37.5 Å². The maximum absolute atomic E-state index is 12.5. The minimum Gasteiger partial charge on any atom is -0.350 e. The van der Waals surface area contributed by atoms with E-state index in [9.17, 15) is 32.8 Å². The van der Waals surface area contributed by atoms with Crippen LogP contribution in [-0.4, -0.2) is 54.6 Å². The van der Waals surface area contributed by atoms with Gasteiger partial charge >= 0.3 is 6.18 Å². The van der Waals surface area contributed by atoms with Gasteiger partial charge < -0.3 is 16.0 Å². The highest BCUT2D eigenvalue weighted by molar-refractivity contribution is 5.88. The van der Waals surface area contributed by atoms with Crippen LogP contribution in [0, 0.1) is 22.7 Å². The third-order valence-electron chi connectivity index (χ3n) is 5.65. The first kappa shape index (κ1) is 24.9. The molecule has 2 aliphatic rings. The standard InChI is InChI=1S/C20H30F3N5O3/c1-18(2,3)15(26-11-20(21,22)23)17(31)25-10-14(29)27-13(9-24)8-12-4-5-19(6-7-19)28-16(12)30/h12-13,15,26H,4-8,10-11H2,1-3H3,(H,25,31)(H,27,29)(H,28,30). The molecular formula is C20H30F3N5O3. The fraction of sp³-hybridized carbons (Fsp3) is 0.800. The van der Waals surface area contributed by atoms with Crippen molar-refractivity contribution in [2.24, 2.45) is 11.3 Å². The lowest BCUT2D eigenvalue weighted by molar-refractivity contribution is -0.136. The van der Waals surface area contributed by atoms with Crippen LogP contribution < -0.4 is 21.3 Å². The van der Waals surface area contributed by atoms with Gasteiger partial charge in [0, 0.05) is 11.5 Å². The van der Waals surface area contributed by atoms with E-state index in [4.69, 9.17) is 0 Å². The summed E-state index contributed by atoms with van der Waals surface area (Å²) in [5, 5.41) is 19.3. The van der Waals surface area contributed by atoms with Crippen LogP contribution in [-0.2, 0) is 14.4 Å². The van der Waals surface area contributed by atoms with E-state index in [0.29, 0.717) is 6.42 Å². The van der Waals surface area contributed by atoms with Crippen molar-refractivity contribution in [2.75, 3.05) is 13.1 Å². The molecule has 3 amide bonds. The summed E-state index contributed by atoms with van der Waals surface area (Å²) in [6, 6.07) is -0.132. The Balaban J connectivity index is 1.82. The SMILES string of the molecule is CC(C)(C)C(NCC(F)(F)F)C(=O)NCC(=O)NC(C#N)CC1CCC2(CC2)NC1=O. The molecule has 3 atom stereocenters. The predicted molar refractivity (Wildman–Crippen MR) is 105 cm³/mol. The Hall–Kier alpha value is -2.35. The number of piperidine rings is 1. The van der Waals surface area contributed by atoms with Crippen LogP contribution in [0.25, 0.3) is 0 Å². The van der Waals surface area contributed by atoms with Crippen LogP contribution in [0.3, 0.4) is 0 Å². The van der Waals surface area contributed by atoms with Crippen molar-refractivity contribution in [1.82, 2.24) is 21.3 Å². The lowest BCUT2D eigenvalue weighted by Crippen LogP contribution is -2.55. The van der Waals surface area contributed by atoms with Gasteiger partial charge in [-0.25, -0.2) is 0 Å². The molecule has 0 radical (unpaired) electrons. The summed E-state index contributed by atoms with van der Waals surface area (Å²) in [5.74, 6) is -1.89. The number of nitrogens with zero attached hydrogens (tertiary/aromatic N) is 1. The number of carbonyl (C=O) groups excluding carboxylic acids is 3. The van der Waals surface area contributed by atoms with Gasteiger partial charge in [-0.15, -0.1) is 0 Å². The zero-order chi connectivity index (χ0) is 23.4. The predicted octanol–water partition coefficient (Wildman–Crippen LogP) is 1.13. The minimum absolute atomic E-state index is 0.0625. The molecule has 1 spiro atoms. The first-order chi connectivity index (χ1) is 14.2. The summed E-state index contributed by atoms with van der Waals surface area (Å²) in [5.41, 5.74) is -0.888. The van der Waals surface area contributed by atoms with Gasteiger partial charge in [0.05, 0.1) is 25.2 Å². The molecule has 1 saturated carbocycles. The van der Waals surface area contributed by atoms with Gasteiger partial charge in [0.1, 0.15) is 6.04 Å². The number of hydrogen-bond donors (Lipinski definition) is 4. The summed E-state index contributed by atoms with van der Waals surface area (Å²) < 4.78 is 37.5. The molecule has 174 valence electrons. The van der Waals surface area contributed by atoms with Gasteiger partial charge in [0.25, 0.3) is 0 Å². The van der Waals surface area contributed by atoms with Crippen molar-refractivity contribution in [1.29, 1.82) is 5.26 Å². The number of nitrogens with one attached hydrogen (secondary N) is 4. The van der Waals surface area contributed by atoms with Gasteiger partial charge in [-0.3, -0.25) is 19.7 Å². The summed E-state index contributed by atoms with van der Waals surface area (Å²) in [6.07, 6.45) is -0.880. The Kier molecular flexibility index (Phi) is 7.57. The van der Waals surface area contributed by atoms with Crippen LogP contribution in [0.4, 0.5) is 13.2 Å². The number of hydrogen-bond acceptors (Lipinski definition) is 5. The zero-order valence-corrected chi connectivity index (χ0v) is 18.0. The van der Waals surface area contributed by atoms with E-state index in [1.807, 2.05) is 6.07 Å². The van der Waals surface area contributed by atoms with E-state index in [1.54, 1.807) is 20.8 Å². The van der Waals surface area contributed by atoms with Crippen molar-refractivity contribution in [3.05, 3.63) is 0 Å². The fourth-order valence-corrected chi connectivity index (χ4v) is 3.71. The molecule has 1 heterocycles. The third kappa shape index (κ3) is 7.69. The number of nitriles is 1. The first-order valence-electron chi connectivity index (χ1n) is 10.3. The largest absolute Gasteiger partial charge is 0.401 e. The van der Waals surface area contributed by atoms with E-state index in [-0.39, 0.29) is 23.8 Å². The Bertz CT molecular complexity index is 738. The second-order valence-electron chi connectivity index (χ2n) is 9.50. The molecule has 31 heavy (non-hydrogen) atoms. The highest BCUT2D eigenvalue weighted by Gasteiger charge is 2.48. The highest BCUT2D eigenvalue weighted by Crippen LogP contribution is 2.43.